The molecule has 0 saturated heterocycles. The van der Waals surface area contributed by atoms with E-state index in [-0.39, 0.29) is 11.7 Å². The highest BCUT2D eigenvalue weighted by Gasteiger charge is 2.24. The maximum Gasteiger partial charge on any atom is 0.295 e. The number of nitro groups is 1. The van der Waals surface area contributed by atoms with Gasteiger partial charge >= 0.3 is 0 Å². The Morgan fingerprint density at radius 2 is 2.25 bits per heavy atom. The van der Waals surface area contributed by atoms with Gasteiger partial charge in [0, 0.05) is 17.1 Å². The second-order valence-electron chi connectivity index (χ2n) is 5.81. The van der Waals surface area contributed by atoms with Crippen LogP contribution in [0.1, 0.15) is 29.2 Å². The number of aromatic nitrogens is 2. The lowest BCUT2D eigenvalue weighted by Gasteiger charge is -2.16. The smallest absolute Gasteiger partial charge is 0.295 e. The van der Waals surface area contributed by atoms with E-state index < -0.39 is 4.92 Å². The van der Waals surface area contributed by atoms with Gasteiger partial charge in [-0.15, -0.1) is 0 Å². The molecule has 3 aromatic rings. The first-order valence-corrected chi connectivity index (χ1v) is 7.57. The Kier molecular flexibility index (Phi) is 3.17. The molecule has 7 nitrogen and oxygen atoms in total. The predicted octanol–water partition coefficient (Wildman–Crippen LogP) is 3.44. The number of non-ortho nitro benzene ring substituents is 1. The van der Waals surface area contributed by atoms with E-state index in [4.69, 9.17) is 5.26 Å². The van der Waals surface area contributed by atoms with Gasteiger partial charge in [0.1, 0.15) is 5.52 Å². The van der Waals surface area contributed by atoms with Crippen molar-refractivity contribution in [2.24, 2.45) is 0 Å². The van der Waals surface area contributed by atoms with Crippen LogP contribution in [0.4, 0.5) is 11.4 Å². The number of benzene rings is 2. The monoisotopic (exact) mass is 319 g/mol. The number of fused-ring (bicyclic) bond motifs is 2. The Morgan fingerprint density at radius 3 is 3.04 bits per heavy atom. The molecular formula is C17H13N5O2. The van der Waals surface area contributed by atoms with Crippen molar-refractivity contribution in [2.45, 2.75) is 18.9 Å². The summed E-state index contributed by atoms with van der Waals surface area (Å²) in [5, 5.41) is 30.9. The van der Waals surface area contributed by atoms with Crippen LogP contribution in [0.2, 0.25) is 0 Å². The van der Waals surface area contributed by atoms with Crippen LogP contribution in [0.3, 0.4) is 0 Å². The number of nitro benzene ring substituents is 1. The molecule has 1 unspecified atom stereocenters. The van der Waals surface area contributed by atoms with Gasteiger partial charge in [0.25, 0.3) is 5.69 Å². The summed E-state index contributed by atoms with van der Waals surface area (Å²) in [5.74, 6) is 0. The van der Waals surface area contributed by atoms with E-state index in [0.717, 1.165) is 18.5 Å². The molecule has 1 atom stereocenters. The summed E-state index contributed by atoms with van der Waals surface area (Å²) in [7, 11) is 0. The van der Waals surface area contributed by atoms with Crippen LogP contribution < -0.4 is 5.32 Å². The summed E-state index contributed by atoms with van der Waals surface area (Å²) in [4.78, 5) is 10.7. The fraction of sp³-hybridized carbons (Fsp3) is 0.176. The lowest BCUT2D eigenvalue weighted by atomic mass is 10.0. The molecule has 2 N–H and O–H groups in total. The number of aromatic amines is 1. The SMILES string of the molecule is N#Cc1ccc2c(c1)CCC2Nc1ccc([N+](=O)[O-])c2[nH]ncc12. The Hall–Kier alpha value is -3.40. The first kappa shape index (κ1) is 14.2. The van der Waals surface area contributed by atoms with Crippen molar-refractivity contribution >= 4 is 22.3 Å². The number of nitrogens with zero attached hydrogens (tertiary/aromatic N) is 3. The average molecular weight is 319 g/mol. The fourth-order valence-electron chi connectivity index (χ4n) is 3.32. The maximum atomic E-state index is 11.1. The first-order valence-electron chi connectivity index (χ1n) is 7.57. The summed E-state index contributed by atoms with van der Waals surface area (Å²) >= 11 is 0. The lowest BCUT2D eigenvalue weighted by molar-refractivity contribution is -0.383. The number of rotatable bonds is 3. The summed E-state index contributed by atoms with van der Waals surface area (Å²) in [6.07, 6.45) is 3.42. The quantitative estimate of drug-likeness (QED) is 0.568. The maximum absolute atomic E-state index is 11.1. The van der Waals surface area contributed by atoms with Crippen molar-refractivity contribution in [3.05, 3.63) is 63.3 Å². The molecule has 0 amide bonds. The van der Waals surface area contributed by atoms with Crippen molar-refractivity contribution in [1.29, 1.82) is 5.26 Å². The normalized spacial score (nSPS) is 15.9. The number of aryl methyl sites for hydroxylation is 1. The topological polar surface area (TPSA) is 108 Å². The van der Waals surface area contributed by atoms with Crippen molar-refractivity contribution in [3.8, 4) is 6.07 Å². The Balaban J connectivity index is 1.70. The molecule has 0 bridgehead atoms. The molecule has 0 fully saturated rings. The van der Waals surface area contributed by atoms with E-state index in [1.165, 1.54) is 17.2 Å². The predicted molar refractivity (Wildman–Crippen MR) is 88.6 cm³/mol. The van der Waals surface area contributed by atoms with Gasteiger partial charge in [0.2, 0.25) is 0 Å². The highest BCUT2D eigenvalue weighted by molar-refractivity contribution is 5.96. The molecule has 1 aliphatic carbocycles. The molecule has 1 aliphatic rings. The summed E-state index contributed by atoms with van der Waals surface area (Å²) < 4.78 is 0. The van der Waals surface area contributed by atoms with Gasteiger partial charge in [-0.2, -0.15) is 10.4 Å². The largest absolute Gasteiger partial charge is 0.378 e. The minimum Gasteiger partial charge on any atom is -0.378 e. The van der Waals surface area contributed by atoms with Crippen molar-refractivity contribution < 1.29 is 4.92 Å². The molecule has 118 valence electrons. The zero-order valence-corrected chi connectivity index (χ0v) is 12.6. The van der Waals surface area contributed by atoms with Crippen LogP contribution in [-0.2, 0) is 6.42 Å². The van der Waals surface area contributed by atoms with Crippen molar-refractivity contribution in [2.75, 3.05) is 5.32 Å². The van der Waals surface area contributed by atoms with Crippen LogP contribution in [0, 0.1) is 21.4 Å². The molecule has 1 heterocycles. The van der Waals surface area contributed by atoms with Crippen LogP contribution in [0.25, 0.3) is 10.9 Å². The van der Waals surface area contributed by atoms with Crippen molar-refractivity contribution in [3.63, 3.8) is 0 Å². The molecule has 0 aliphatic heterocycles. The van der Waals surface area contributed by atoms with E-state index >= 15 is 0 Å². The zero-order valence-electron chi connectivity index (χ0n) is 12.6. The van der Waals surface area contributed by atoms with Crippen molar-refractivity contribution in [1.82, 2.24) is 10.2 Å². The van der Waals surface area contributed by atoms with Crippen LogP contribution >= 0.6 is 0 Å². The molecular weight excluding hydrogens is 306 g/mol. The van der Waals surface area contributed by atoms with Gasteiger partial charge in [-0.05, 0) is 42.2 Å². The van der Waals surface area contributed by atoms with Gasteiger partial charge in [0.15, 0.2) is 0 Å². The van der Waals surface area contributed by atoms with E-state index in [1.54, 1.807) is 12.3 Å². The number of H-pyrrole nitrogens is 1. The van der Waals surface area contributed by atoms with Gasteiger partial charge in [-0.1, -0.05) is 6.07 Å². The minimum absolute atomic E-state index is 0.0125. The Morgan fingerprint density at radius 1 is 1.38 bits per heavy atom. The van der Waals surface area contributed by atoms with Crippen LogP contribution in [-0.4, -0.2) is 15.1 Å². The number of nitrogens with one attached hydrogen (secondary N) is 2. The van der Waals surface area contributed by atoms with E-state index in [0.29, 0.717) is 16.5 Å². The van der Waals surface area contributed by atoms with E-state index in [1.807, 2.05) is 18.2 Å². The van der Waals surface area contributed by atoms with E-state index in [9.17, 15) is 10.1 Å². The second-order valence-corrected chi connectivity index (χ2v) is 5.81. The molecule has 0 saturated carbocycles. The molecule has 0 spiro atoms. The number of hydrogen-bond acceptors (Lipinski definition) is 5. The third kappa shape index (κ3) is 2.16. The highest BCUT2D eigenvalue weighted by Crippen LogP contribution is 2.37. The van der Waals surface area contributed by atoms with Gasteiger partial charge in [0.05, 0.1) is 28.8 Å². The number of anilines is 1. The first-order chi connectivity index (χ1) is 11.7. The molecule has 24 heavy (non-hydrogen) atoms. The van der Waals surface area contributed by atoms with Gasteiger partial charge in [-0.25, -0.2) is 0 Å². The summed E-state index contributed by atoms with van der Waals surface area (Å²) in [5.41, 5.74) is 4.26. The third-order valence-electron chi connectivity index (χ3n) is 4.47. The van der Waals surface area contributed by atoms with Crippen LogP contribution in [0.5, 0.6) is 0 Å². The number of nitriles is 1. The number of hydrogen-bond donors (Lipinski definition) is 2. The molecule has 2 aromatic carbocycles. The highest BCUT2D eigenvalue weighted by atomic mass is 16.6. The van der Waals surface area contributed by atoms with E-state index in [2.05, 4.69) is 21.6 Å². The minimum atomic E-state index is -0.418. The Bertz CT molecular complexity index is 1000. The van der Waals surface area contributed by atoms with Gasteiger partial charge < -0.3 is 5.32 Å². The molecule has 0 radical (unpaired) electrons. The summed E-state index contributed by atoms with van der Waals surface area (Å²) in [6.45, 7) is 0. The summed E-state index contributed by atoms with van der Waals surface area (Å²) in [6, 6.07) is 11.2. The standard InChI is InChI=1S/C17H13N5O2/c18-8-10-1-3-12-11(7-10)2-4-14(12)20-15-5-6-16(22(23)24)17-13(15)9-19-21-17/h1,3,5-7,9,14,20H,2,4H2,(H,19,21). The third-order valence-corrected chi connectivity index (χ3v) is 4.47. The zero-order chi connectivity index (χ0) is 16.7. The molecule has 1 aromatic heterocycles. The fourth-order valence-corrected chi connectivity index (χ4v) is 3.32. The molecule has 7 heteroatoms. The Labute approximate surface area is 137 Å². The molecule has 4 rings (SSSR count). The van der Waals surface area contributed by atoms with Crippen LogP contribution in [0.15, 0.2) is 36.5 Å². The lowest BCUT2D eigenvalue weighted by Crippen LogP contribution is -2.07. The average Bonchev–Trinajstić information content (AvgIpc) is 3.22. The second kappa shape index (κ2) is 5.35. The van der Waals surface area contributed by atoms with Gasteiger partial charge in [-0.3, -0.25) is 15.2 Å².